The highest BCUT2D eigenvalue weighted by Crippen LogP contribution is 2.14. The van der Waals surface area contributed by atoms with Crippen LogP contribution in [0.4, 0.5) is 4.79 Å². The highest BCUT2D eigenvalue weighted by Gasteiger charge is 2.29. The standard InChI is InChI=1S/C31H53NO6/c1-5-6-7-8-9-10-11-12-13-14-15-19-22-28(33)29(34)27(32-30(35)38-31(2,3)4)24-37-25-36-23-26-20-17-16-18-21-26/h16-18,20-21,27,29,34H,5-15,19,22-25H2,1-4H3,(H,32,35)/t27-,29+/m0/s1. The molecule has 2 N–H and O–H groups in total. The van der Waals surface area contributed by atoms with Gasteiger partial charge in [-0.05, 0) is 32.8 Å². The van der Waals surface area contributed by atoms with Crippen LogP contribution in [0.1, 0.15) is 117 Å². The van der Waals surface area contributed by atoms with Gasteiger partial charge in [-0.25, -0.2) is 4.79 Å². The zero-order valence-corrected chi connectivity index (χ0v) is 24.3. The van der Waals surface area contributed by atoms with Crippen molar-refractivity contribution in [1.82, 2.24) is 5.32 Å². The van der Waals surface area contributed by atoms with E-state index in [-0.39, 0.29) is 25.6 Å². The van der Waals surface area contributed by atoms with Gasteiger partial charge < -0.3 is 24.6 Å². The Morgan fingerprint density at radius 3 is 1.95 bits per heavy atom. The predicted molar refractivity (Wildman–Crippen MR) is 152 cm³/mol. The summed E-state index contributed by atoms with van der Waals surface area (Å²) in [6.45, 7) is 7.79. The fourth-order valence-corrected chi connectivity index (χ4v) is 4.15. The fourth-order valence-electron chi connectivity index (χ4n) is 4.15. The normalized spacial score (nSPS) is 13.2. The maximum atomic E-state index is 12.7. The highest BCUT2D eigenvalue weighted by molar-refractivity contribution is 5.84. The zero-order valence-electron chi connectivity index (χ0n) is 24.3. The minimum Gasteiger partial charge on any atom is -0.444 e. The Bertz CT molecular complexity index is 734. The zero-order chi connectivity index (χ0) is 28.1. The summed E-state index contributed by atoms with van der Waals surface area (Å²) in [4.78, 5) is 25.0. The number of aliphatic hydroxyl groups excluding tert-OH is 1. The van der Waals surface area contributed by atoms with Gasteiger partial charge in [0.1, 0.15) is 18.5 Å². The topological polar surface area (TPSA) is 94.1 Å². The summed E-state index contributed by atoms with van der Waals surface area (Å²) in [5, 5.41) is 13.3. The number of aliphatic hydroxyl groups is 1. The number of ether oxygens (including phenoxy) is 3. The van der Waals surface area contributed by atoms with E-state index < -0.39 is 23.8 Å². The van der Waals surface area contributed by atoms with Gasteiger partial charge in [-0.1, -0.05) is 108 Å². The first-order valence-electron chi connectivity index (χ1n) is 14.6. The molecule has 38 heavy (non-hydrogen) atoms. The lowest BCUT2D eigenvalue weighted by atomic mass is 10.0. The van der Waals surface area contributed by atoms with E-state index in [1.807, 2.05) is 30.3 Å². The van der Waals surface area contributed by atoms with Gasteiger partial charge in [-0.2, -0.15) is 0 Å². The second-order valence-corrected chi connectivity index (χ2v) is 11.1. The first-order valence-corrected chi connectivity index (χ1v) is 14.6. The van der Waals surface area contributed by atoms with Gasteiger partial charge in [0.15, 0.2) is 5.78 Å². The summed E-state index contributed by atoms with van der Waals surface area (Å²) in [5.41, 5.74) is 0.315. The lowest BCUT2D eigenvalue weighted by Gasteiger charge is -2.26. The molecule has 0 aliphatic heterocycles. The molecule has 7 heteroatoms. The van der Waals surface area contributed by atoms with E-state index in [2.05, 4.69) is 12.2 Å². The summed E-state index contributed by atoms with van der Waals surface area (Å²) in [6, 6.07) is 8.77. The number of rotatable bonds is 22. The van der Waals surface area contributed by atoms with E-state index >= 15 is 0 Å². The van der Waals surface area contributed by atoms with E-state index in [1.54, 1.807) is 20.8 Å². The van der Waals surface area contributed by atoms with Gasteiger partial charge in [0.05, 0.1) is 19.3 Å². The van der Waals surface area contributed by atoms with E-state index in [0.29, 0.717) is 6.61 Å². The van der Waals surface area contributed by atoms with Crippen molar-refractivity contribution in [3.63, 3.8) is 0 Å². The molecule has 0 fully saturated rings. The van der Waals surface area contributed by atoms with Crippen molar-refractivity contribution in [2.75, 3.05) is 13.4 Å². The number of benzene rings is 1. The van der Waals surface area contributed by atoms with E-state index in [1.165, 1.54) is 57.8 Å². The molecule has 0 aliphatic carbocycles. The number of alkyl carbamates (subject to hydrolysis) is 1. The Balaban J connectivity index is 2.33. The molecule has 0 spiro atoms. The smallest absolute Gasteiger partial charge is 0.408 e. The van der Waals surface area contributed by atoms with Crippen LogP contribution in [0.25, 0.3) is 0 Å². The average Bonchev–Trinajstić information content (AvgIpc) is 2.87. The van der Waals surface area contributed by atoms with Crippen molar-refractivity contribution in [2.45, 2.75) is 136 Å². The van der Waals surface area contributed by atoms with Gasteiger partial charge in [0.2, 0.25) is 0 Å². The SMILES string of the molecule is CCCCCCCCCCCCCCC(=O)[C@H](O)[C@H](COCOCc1ccccc1)NC(=O)OC(C)(C)C. The quantitative estimate of drug-likeness (QED) is 0.122. The lowest BCUT2D eigenvalue weighted by Crippen LogP contribution is -2.51. The number of unbranched alkanes of at least 4 members (excludes halogenated alkanes) is 11. The summed E-state index contributed by atoms with van der Waals surface area (Å²) >= 11 is 0. The van der Waals surface area contributed by atoms with E-state index in [9.17, 15) is 14.7 Å². The average molecular weight is 536 g/mol. The van der Waals surface area contributed by atoms with Gasteiger partial charge in [-0.3, -0.25) is 4.79 Å². The third-order valence-electron chi connectivity index (χ3n) is 6.27. The van der Waals surface area contributed by atoms with E-state index in [4.69, 9.17) is 14.2 Å². The maximum absolute atomic E-state index is 12.7. The Hall–Kier alpha value is -1.96. The molecule has 0 heterocycles. The molecular weight excluding hydrogens is 482 g/mol. The fraction of sp³-hybridized carbons (Fsp3) is 0.742. The van der Waals surface area contributed by atoms with Crippen LogP contribution in [0, 0.1) is 0 Å². The van der Waals surface area contributed by atoms with Crippen LogP contribution in [0.3, 0.4) is 0 Å². The summed E-state index contributed by atoms with van der Waals surface area (Å²) in [7, 11) is 0. The molecule has 0 saturated carbocycles. The van der Waals surface area contributed by atoms with Crippen molar-refractivity contribution in [2.24, 2.45) is 0 Å². The molecule has 0 radical (unpaired) electrons. The number of carbonyl (C=O) groups is 2. The second-order valence-electron chi connectivity index (χ2n) is 11.1. The number of amides is 1. The Morgan fingerprint density at radius 2 is 1.39 bits per heavy atom. The molecule has 218 valence electrons. The molecule has 0 saturated heterocycles. The molecule has 1 aromatic rings. The lowest BCUT2D eigenvalue weighted by molar-refractivity contribution is -0.131. The van der Waals surface area contributed by atoms with Crippen molar-refractivity contribution in [1.29, 1.82) is 0 Å². The summed E-state index contributed by atoms with van der Waals surface area (Å²) in [5.74, 6) is -0.299. The number of carbonyl (C=O) groups excluding carboxylic acids is 2. The predicted octanol–water partition coefficient (Wildman–Crippen LogP) is 7.09. The number of Topliss-reactive ketones (excluding diaryl/α,β-unsaturated/α-hetero) is 1. The second kappa shape index (κ2) is 20.9. The Kier molecular flexibility index (Phi) is 18.8. The van der Waals surface area contributed by atoms with Crippen LogP contribution in [-0.4, -0.2) is 48.1 Å². The van der Waals surface area contributed by atoms with Crippen molar-refractivity contribution < 1.29 is 28.9 Å². The molecule has 7 nitrogen and oxygen atoms in total. The van der Waals surface area contributed by atoms with Crippen LogP contribution < -0.4 is 5.32 Å². The molecule has 0 bridgehead atoms. The maximum Gasteiger partial charge on any atom is 0.408 e. The van der Waals surface area contributed by atoms with Gasteiger partial charge in [0.25, 0.3) is 0 Å². The van der Waals surface area contributed by atoms with Crippen LogP contribution in [0.5, 0.6) is 0 Å². The van der Waals surface area contributed by atoms with Crippen molar-refractivity contribution in [3.05, 3.63) is 35.9 Å². The highest BCUT2D eigenvalue weighted by atomic mass is 16.7. The Morgan fingerprint density at radius 1 is 0.842 bits per heavy atom. The molecule has 0 aromatic heterocycles. The monoisotopic (exact) mass is 535 g/mol. The molecule has 1 aromatic carbocycles. The number of nitrogens with one attached hydrogen (secondary N) is 1. The van der Waals surface area contributed by atoms with Gasteiger partial charge >= 0.3 is 6.09 Å². The number of hydrogen-bond donors (Lipinski definition) is 2. The van der Waals surface area contributed by atoms with Crippen LogP contribution in [0.15, 0.2) is 30.3 Å². The molecule has 1 rings (SSSR count). The molecule has 2 atom stereocenters. The first kappa shape index (κ1) is 34.1. The van der Waals surface area contributed by atoms with E-state index in [0.717, 1.165) is 24.8 Å². The third kappa shape index (κ3) is 18.3. The van der Waals surface area contributed by atoms with Crippen LogP contribution in [-0.2, 0) is 25.6 Å². The van der Waals surface area contributed by atoms with Gasteiger partial charge in [0, 0.05) is 6.42 Å². The summed E-state index contributed by atoms with van der Waals surface area (Å²) in [6.07, 6.45) is 12.7. The molecular formula is C31H53NO6. The van der Waals surface area contributed by atoms with Crippen molar-refractivity contribution in [3.8, 4) is 0 Å². The minimum atomic E-state index is -1.37. The van der Waals surface area contributed by atoms with Gasteiger partial charge in [-0.15, -0.1) is 0 Å². The molecule has 0 aliphatic rings. The van der Waals surface area contributed by atoms with Crippen LogP contribution in [0.2, 0.25) is 0 Å². The third-order valence-corrected chi connectivity index (χ3v) is 6.27. The molecule has 1 amide bonds. The van der Waals surface area contributed by atoms with Crippen molar-refractivity contribution >= 4 is 11.9 Å². The molecule has 0 unspecified atom stereocenters. The number of ketones is 1. The summed E-state index contributed by atoms with van der Waals surface area (Å²) < 4.78 is 16.3. The first-order chi connectivity index (χ1) is 18.2. The van der Waals surface area contributed by atoms with Crippen LogP contribution >= 0.6 is 0 Å². The Labute approximate surface area is 231 Å². The number of hydrogen-bond acceptors (Lipinski definition) is 6. The minimum absolute atomic E-state index is 0.0267. The largest absolute Gasteiger partial charge is 0.444 e.